The first-order chi connectivity index (χ1) is 7.04. The summed E-state index contributed by atoms with van der Waals surface area (Å²) in [4.78, 5) is 0. The fourth-order valence-corrected chi connectivity index (χ4v) is 4.56. The minimum atomic E-state index is -3.05. The third kappa shape index (κ3) is 2.04. The zero-order valence-electron chi connectivity index (χ0n) is 9.14. The summed E-state index contributed by atoms with van der Waals surface area (Å²) >= 11 is 0. The molecule has 1 N–H and O–H groups in total. The van der Waals surface area contributed by atoms with Gasteiger partial charge in [0.2, 0.25) is 10.0 Å². The fraction of sp³-hybridized carbons (Fsp3) is 1.00. The van der Waals surface area contributed by atoms with Crippen molar-refractivity contribution in [1.29, 1.82) is 0 Å². The quantitative estimate of drug-likeness (QED) is 0.683. The number of ether oxygens (including phenoxy) is 1. The Bertz CT molecular complexity index is 330. The van der Waals surface area contributed by atoms with Gasteiger partial charge in [-0.15, -0.1) is 0 Å². The molecule has 2 fully saturated rings. The molecule has 0 aromatic rings. The van der Waals surface area contributed by atoms with E-state index in [4.69, 9.17) is 4.74 Å². The number of nitrogens with one attached hydrogen (secondary N) is 1. The molecule has 2 saturated heterocycles. The van der Waals surface area contributed by atoms with Gasteiger partial charge in [-0.25, -0.2) is 8.42 Å². The van der Waals surface area contributed by atoms with E-state index in [1.807, 2.05) is 6.92 Å². The lowest BCUT2D eigenvalue weighted by Gasteiger charge is -2.26. The number of hydrogen-bond donors (Lipinski definition) is 1. The Kier molecular flexibility index (Phi) is 3.03. The number of hydrogen-bond acceptors (Lipinski definition) is 4. The Balaban J connectivity index is 2.16. The minimum absolute atomic E-state index is 0.00919. The number of methoxy groups -OCH3 is 1. The molecule has 0 radical (unpaired) electrons. The second-order valence-electron chi connectivity index (χ2n) is 4.45. The van der Waals surface area contributed by atoms with Crippen LogP contribution in [0.15, 0.2) is 0 Å². The van der Waals surface area contributed by atoms with Crippen molar-refractivity contribution in [3.63, 3.8) is 0 Å². The van der Waals surface area contributed by atoms with Crippen molar-refractivity contribution in [2.75, 3.05) is 32.5 Å². The lowest BCUT2D eigenvalue weighted by molar-refractivity contribution is 0.0732. The van der Waals surface area contributed by atoms with Crippen LogP contribution in [0.2, 0.25) is 0 Å². The zero-order valence-corrected chi connectivity index (χ0v) is 9.96. The van der Waals surface area contributed by atoms with Crippen molar-refractivity contribution >= 4 is 10.0 Å². The molecule has 5 nitrogen and oxygen atoms in total. The largest absolute Gasteiger partial charge is 0.378 e. The molecule has 0 aromatic heterocycles. The normalized spacial score (nSPS) is 41.1. The second kappa shape index (κ2) is 4.01. The van der Waals surface area contributed by atoms with Crippen molar-refractivity contribution in [1.82, 2.24) is 9.62 Å². The molecule has 0 bridgehead atoms. The summed E-state index contributed by atoms with van der Waals surface area (Å²) in [6, 6.07) is -0.0232. The summed E-state index contributed by atoms with van der Waals surface area (Å²) in [7, 11) is -1.41. The molecule has 0 saturated carbocycles. The average molecular weight is 234 g/mol. The second-order valence-corrected chi connectivity index (χ2v) is 6.42. The van der Waals surface area contributed by atoms with Crippen LogP contribution in [0.1, 0.15) is 6.92 Å². The molecule has 2 heterocycles. The lowest BCUT2D eigenvalue weighted by Crippen LogP contribution is -2.44. The van der Waals surface area contributed by atoms with Crippen LogP contribution in [0.3, 0.4) is 0 Å². The summed E-state index contributed by atoms with van der Waals surface area (Å²) in [5.41, 5.74) is 0. The third-order valence-corrected chi connectivity index (χ3v) is 5.27. The third-order valence-electron chi connectivity index (χ3n) is 3.14. The van der Waals surface area contributed by atoms with Gasteiger partial charge in [-0.2, -0.15) is 4.31 Å². The topological polar surface area (TPSA) is 58.6 Å². The van der Waals surface area contributed by atoms with E-state index in [2.05, 4.69) is 5.32 Å². The molecule has 0 amide bonds. The van der Waals surface area contributed by atoms with Gasteiger partial charge >= 0.3 is 0 Å². The number of rotatable bonds is 2. The van der Waals surface area contributed by atoms with Crippen molar-refractivity contribution in [3.8, 4) is 0 Å². The van der Waals surface area contributed by atoms with Crippen molar-refractivity contribution in [2.24, 2.45) is 5.92 Å². The Morgan fingerprint density at radius 1 is 1.40 bits per heavy atom. The summed E-state index contributed by atoms with van der Waals surface area (Å²) < 4.78 is 30.6. The van der Waals surface area contributed by atoms with E-state index >= 15 is 0 Å². The van der Waals surface area contributed by atoms with Gasteiger partial charge in [0, 0.05) is 26.7 Å². The van der Waals surface area contributed by atoms with Gasteiger partial charge in [0.05, 0.1) is 17.9 Å². The van der Waals surface area contributed by atoms with Crippen LogP contribution in [0.25, 0.3) is 0 Å². The van der Waals surface area contributed by atoms with Gasteiger partial charge in [-0.1, -0.05) is 6.92 Å². The van der Waals surface area contributed by atoms with Crippen LogP contribution in [0.5, 0.6) is 0 Å². The predicted octanol–water partition coefficient (Wildman–Crippen LogP) is -0.745. The molecule has 2 rings (SSSR count). The van der Waals surface area contributed by atoms with E-state index in [0.29, 0.717) is 13.1 Å². The van der Waals surface area contributed by atoms with Gasteiger partial charge < -0.3 is 10.1 Å². The standard InChI is InChI=1S/C9H18N2O3S/c1-7-5-11(15(12,13)6-7)8-3-10-4-9(8)14-2/h7-10H,3-6H2,1-2H3/t7?,8?,9-/m0/s1. The highest BCUT2D eigenvalue weighted by Gasteiger charge is 2.43. The highest BCUT2D eigenvalue weighted by atomic mass is 32.2. The van der Waals surface area contributed by atoms with Crippen LogP contribution in [0, 0.1) is 5.92 Å². The summed E-state index contributed by atoms with van der Waals surface area (Å²) in [5, 5.41) is 3.17. The predicted molar refractivity (Wildman–Crippen MR) is 57.1 cm³/mol. The first kappa shape index (κ1) is 11.3. The van der Waals surface area contributed by atoms with Crippen LogP contribution in [-0.2, 0) is 14.8 Å². The summed E-state index contributed by atoms with van der Waals surface area (Å²) in [5.74, 6) is 0.507. The van der Waals surface area contributed by atoms with E-state index in [-0.39, 0.29) is 23.8 Å². The van der Waals surface area contributed by atoms with Crippen LogP contribution < -0.4 is 5.32 Å². The first-order valence-corrected chi connectivity index (χ1v) is 6.88. The van der Waals surface area contributed by atoms with Gasteiger partial charge in [-0.05, 0) is 5.92 Å². The first-order valence-electron chi connectivity index (χ1n) is 5.27. The molecule has 88 valence electrons. The molecule has 0 aromatic carbocycles. The van der Waals surface area contributed by atoms with Gasteiger partial charge in [-0.3, -0.25) is 0 Å². The van der Waals surface area contributed by atoms with Crippen molar-refractivity contribution < 1.29 is 13.2 Å². The molecular weight excluding hydrogens is 216 g/mol. The average Bonchev–Trinajstić information content (AvgIpc) is 2.68. The molecule has 2 aliphatic rings. The van der Waals surface area contributed by atoms with E-state index in [0.717, 1.165) is 6.54 Å². The summed E-state index contributed by atoms with van der Waals surface area (Å²) in [6.45, 7) is 4.04. The molecule has 0 spiro atoms. The van der Waals surface area contributed by atoms with Gasteiger partial charge in [0.1, 0.15) is 0 Å². The maximum atomic E-state index is 11.9. The number of sulfonamides is 1. The van der Waals surface area contributed by atoms with Crippen molar-refractivity contribution in [3.05, 3.63) is 0 Å². The number of nitrogens with zero attached hydrogens (tertiary/aromatic N) is 1. The van der Waals surface area contributed by atoms with Crippen molar-refractivity contribution in [2.45, 2.75) is 19.1 Å². The van der Waals surface area contributed by atoms with E-state index in [9.17, 15) is 8.42 Å². The minimum Gasteiger partial charge on any atom is -0.378 e. The van der Waals surface area contributed by atoms with Crippen LogP contribution in [-0.4, -0.2) is 57.4 Å². The van der Waals surface area contributed by atoms with E-state index in [1.165, 1.54) is 0 Å². The molecular formula is C9H18N2O3S. The summed E-state index contributed by atoms with van der Waals surface area (Å²) in [6.07, 6.45) is -0.00919. The molecule has 2 unspecified atom stereocenters. The molecule has 15 heavy (non-hydrogen) atoms. The molecule has 0 aliphatic carbocycles. The van der Waals surface area contributed by atoms with Crippen LogP contribution in [0.4, 0.5) is 0 Å². The zero-order chi connectivity index (χ0) is 11.1. The monoisotopic (exact) mass is 234 g/mol. The molecule has 3 atom stereocenters. The Labute approximate surface area is 90.8 Å². The Hall–Kier alpha value is -0.170. The molecule has 2 aliphatic heterocycles. The SMILES string of the molecule is CO[C@H]1CNCC1N1CC(C)CS1(=O)=O. The van der Waals surface area contributed by atoms with E-state index < -0.39 is 10.0 Å². The van der Waals surface area contributed by atoms with Gasteiger partial charge in [0.15, 0.2) is 0 Å². The highest BCUT2D eigenvalue weighted by molar-refractivity contribution is 7.89. The fourth-order valence-electron chi connectivity index (χ4n) is 2.44. The van der Waals surface area contributed by atoms with Gasteiger partial charge in [0.25, 0.3) is 0 Å². The molecule has 6 heteroatoms. The Morgan fingerprint density at radius 3 is 2.67 bits per heavy atom. The Morgan fingerprint density at radius 2 is 2.13 bits per heavy atom. The smallest absolute Gasteiger partial charge is 0.214 e. The maximum Gasteiger partial charge on any atom is 0.214 e. The maximum absolute atomic E-state index is 11.9. The lowest BCUT2D eigenvalue weighted by atomic mass is 10.1. The highest BCUT2D eigenvalue weighted by Crippen LogP contribution is 2.25. The van der Waals surface area contributed by atoms with Crippen LogP contribution >= 0.6 is 0 Å². The van der Waals surface area contributed by atoms with E-state index in [1.54, 1.807) is 11.4 Å².